The number of carbonyl (C=O) groups is 1. The standard InChI is InChI=1S/C19H20ClNO3/c1-3-13-23-16-11-7-15(8-12-16)21-19(22)18(4-2)24-17-9-5-14(20)6-10-17/h3,5-12,18H,1,4,13H2,2H3,(H,21,22)/t18-/m1/s1. The van der Waals surface area contributed by atoms with Gasteiger partial charge in [0.1, 0.15) is 18.1 Å². The topological polar surface area (TPSA) is 47.6 Å². The van der Waals surface area contributed by atoms with E-state index in [0.717, 1.165) is 5.75 Å². The fourth-order valence-corrected chi connectivity index (χ4v) is 2.14. The summed E-state index contributed by atoms with van der Waals surface area (Å²) < 4.78 is 11.1. The Labute approximate surface area is 147 Å². The summed E-state index contributed by atoms with van der Waals surface area (Å²) in [5.74, 6) is 1.12. The summed E-state index contributed by atoms with van der Waals surface area (Å²) in [4.78, 5) is 12.4. The first-order chi connectivity index (χ1) is 11.6. The summed E-state index contributed by atoms with van der Waals surface area (Å²) in [7, 11) is 0. The van der Waals surface area contributed by atoms with E-state index < -0.39 is 6.10 Å². The summed E-state index contributed by atoms with van der Waals surface area (Å²) in [6, 6.07) is 14.1. The Balaban J connectivity index is 1.95. The highest BCUT2D eigenvalue weighted by Gasteiger charge is 2.18. The van der Waals surface area contributed by atoms with Crippen molar-refractivity contribution in [1.82, 2.24) is 0 Å². The van der Waals surface area contributed by atoms with Crippen LogP contribution in [0.3, 0.4) is 0 Å². The first-order valence-electron chi connectivity index (χ1n) is 7.69. The lowest BCUT2D eigenvalue weighted by Gasteiger charge is -2.17. The van der Waals surface area contributed by atoms with Crippen LogP contribution in [0.15, 0.2) is 61.2 Å². The number of anilines is 1. The smallest absolute Gasteiger partial charge is 0.265 e. The minimum absolute atomic E-state index is 0.202. The van der Waals surface area contributed by atoms with Crippen LogP contribution in [0.25, 0.3) is 0 Å². The number of carbonyl (C=O) groups excluding carboxylic acids is 1. The second-order valence-corrected chi connectivity index (χ2v) is 5.52. The largest absolute Gasteiger partial charge is 0.490 e. The first kappa shape index (κ1) is 17.9. The van der Waals surface area contributed by atoms with Crippen molar-refractivity contribution in [3.63, 3.8) is 0 Å². The number of nitrogens with one attached hydrogen (secondary N) is 1. The summed E-state index contributed by atoms with van der Waals surface area (Å²) in [5, 5.41) is 3.47. The zero-order valence-electron chi connectivity index (χ0n) is 13.5. The number of ether oxygens (including phenoxy) is 2. The van der Waals surface area contributed by atoms with Crippen molar-refractivity contribution < 1.29 is 14.3 Å². The third-order valence-electron chi connectivity index (χ3n) is 3.24. The van der Waals surface area contributed by atoms with Gasteiger partial charge in [0, 0.05) is 10.7 Å². The van der Waals surface area contributed by atoms with Gasteiger partial charge < -0.3 is 14.8 Å². The Morgan fingerprint density at radius 1 is 1.17 bits per heavy atom. The van der Waals surface area contributed by atoms with E-state index in [1.54, 1.807) is 54.6 Å². The van der Waals surface area contributed by atoms with Crippen molar-refractivity contribution in [3.05, 3.63) is 66.2 Å². The molecular formula is C19H20ClNO3. The van der Waals surface area contributed by atoms with Crippen LogP contribution in [0.2, 0.25) is 5.02 Å². The fourth-order valence-electron chi connectivity index (χ4n) is 2.01. The lowest BCUT2D eigenvalue weighted by molar-refractivity contribution is -0.122. The molecule has 1 amide bonds. The predicted molar refractivity (Wildman–Crippen MR) is 96.9 cm³/mol. The van der Waals surface area contributed by atoms with E-state index >= 15 is 0 Å². The average Bonchev–Trinajstić information content (AvgIpc) is 2.60. The quantitative estimate of drug-likeness (QED) is 0.705. The van der Waals surface area contributed by atoms with Gasteiger partial charge in [-0.25, -0.2) is 0 Å². The number of hydrogen-bond acceptors (Lipinski definition) is 3. The Morgan fingerprint density at radius 3 is 2.38 bits per heavy atom. The molecule has 0 radical (unpaired) electrons. The fraction of sp³-hybridized carbons (Fsp3) is 0.211. The molecule has 0 bridgehead atoms. The van der Waals surface area contributed by atoms with Gasteiger partial charge in [0.15, 0.2) is 6.10 Å². The molecule has 0 saturated heterocycles. The molecule has 0 aliphatic rings. The maximum Gasteiger partial charge on any atom is 0.265 e. The lowest BCUT2D eigenvalue weighted by atomic mass is 10.2. The summed E-state index contributed by atoms with van der Waals surface area (Å²) in [6.45, 7) is 5.94. The van der Waals surface area contributed by atoms with Gasteiger partial charge in [-0.1, -0.05) is 31.2 Å². The predicted octanol–water partition coefficient (Wildman–Crippen LogP) is 4.70. The molecule has 24 heavy (non-hydrogen) atoms. The van der Waals surface area contributed by atoms with Crippen molar-refractivity contribution in [2.75, 3.05) is 11.9 Å². The number of rotatable bonds is 8. The van der Waals surface area contributed by atoms with Gasteiger partial charge >= 0.3 is 0 Å². The van der Waals surface area contributed by atoms with Gasteiger partial charge in [0.25, 0.3) is 5.91 Å². The number of benzene rings is 2. The Kier molecular flexibility index (Phi) is 6.70. The highest BCUT2D eigenvalue weighted by Crippen LogP contribution is 2.19. The van der Waals surface area contributed by atoms with Crippen LogP contribution in [0, 0.1) is 0 Å². The zero-order chi connectivity index (χ0) is 17.4. The van der Waals surface area contributed by atoms with E-state index in [9.17, 15) is 4.79 Å². The molecule has 5 heteroatoms. The van der Waals surface area contributed by atoms with Crippen molar-refractivity contribution in [2.24, 2.45) is 0 Å². The van der Waals surface area contributed by atoms with Crippen molar-refractivity contribution in [3.8, 4) is 11.5 Å². The van der Waals surface area contributed by atoms with Gasteiger partial charge in [-0.15, -0.1) is 0 Å². The van der Waals surface area contributed by atoms with Gasteiger partial charge in [0.2, 0.25) is 0 Å². The molecule has 2 aromatic carbocycles. The van der Waals surface area contributed by atoms with E-state index in [2.05, 4.69) is 11.9 Å². The summed E-state index contributed by atoms with van der Waals surface area (Å²) in [6.07, 6.45) is 1.65. The van der Waals surface area contributed by atoms with E-state index in [1.165, 1.54) is 0 Å². The average molecular weight is 346 g/mol. The highest BCUT2D eigenvalue weighted by atomic mass is 35.5. The third kappa shape index (κ3) is 5.32. The van der Waals surface area contributed by atoms with Gasteiger partial charge in [-0.2, -0.15) is 0 Å². The summed E-state index contributed by atoms with van der Waals surface area (Å²) in [5.41, 5.74) is 0.684. The molecule has 0 spiro atoms. The molecule has 1 N–H and O–H groups in total. The Morgan fingerprint density at radius 2 is 1.79 bits per heavy atom. The summed E-state index contributed by atoms with van der Waals surface area (Å²) >= 11 is 5.85. The first-order valence-corrected chi connectivity index (χ1v) is 8.07. The molecule has 0 aromatic heterocycles. The second-order valence-electron chi connectivity index (χ2n) is 5.08. The number of halogens is 1. The molecule has 1 atom stereocenters. The van der Waals surface area contributed by atoms with E-state index in [1.807, 2.05) is 6.92 Å². The van der Waals surface area contributed by atoms with E-state index in [0.29, 0.717) is 29.5 Å². The molecule has 0 fully saturated rings. The number of hydrogen-bond donors (Lipinski definition) is 1. The molecule has 0 saturated carbocycles. The van der Waals surface area contributed by atoms with Gasteiger partial charge in [0.05, 0.1) is 0 Å². The zero-order valence-corrected chi connectivity index (χ0v) is 14.3. The number of amides is 1. The Bertz CT molecular complexity index is 668. The molecule has 0 aliphatic carbocycles. The maximum atomic E-state index is 12.4. The molecule has 0 aliphatic heterocycles. The van der Waals surface area contributed by atoms with Crippen LogP contribution in [0.4, 0.5) is 5.69 Å². The molecule has 0 heterocycles. The maximum absolute atomic E-state index is 12.4. The molecular weight excluding hydrogens is 326 g/mol. The molecule has 2 rings (SSSR count). The van der Waals surface area contributed by atoms with Crippen molar-refractivity contribution in [1.29, 1.82) is 0 Å². The van der Waals surface area contributed by atoms with Crippen molar-refractivity contribution in [2.45, 2.75) is 19.4 Å². The van der Waals surface area contributed by atoms with Gasteiger partial charge in [-0.05, 0) is 55.0 Å². The molecule has 4 nitrogen and oxygen atoms in total. The van der Waals surface area contributed by atoms with Crippen LogP contribution in [-0.4, -0.2) is 18.6 Å². The monoisotopic (exact) mass is 345 g/mol. The van der Waals surface area contributed by atoms with Crippen LogP contribution in [0.1, 0.15) is 13.3 Å². The van der Waals surface area contributed by atoms with Crippen LogP contribution >= 0.6 is 11.6 Å². The lowest BCUT2D eigenvalue weighted by Crippen LogP contribution is -2.32. The van der Waals surface area contributed by atoms with Crippen LogP contribution in [-0.2, 0) is 4.79 Å². The van der Waals surface area contributed by atoms with Gasteiger partial charge in [-0.3, -0.25) is 4.79 Å². The van der Waals surface area contributed by atoms with Crippen LogP contribution in [0.5, 0.6) is 11.5 Å². The third-order valence-corrected chi connectivity index (χ3v) is 3.50. The minimum Gasteiger partial charge on any atom is -0.490 e. The van der Waals surface area contributed by atoms with Crippen LogP contribution < -0.4 is 14.8 Å². The minimum atomic E-state index is -0.581. The second kappa shape index (κ2) is 8.99. The van der Waals surface area contributed by atoms with Crippen molar-refractivity contribution >= 4 is 23.2 Å². The highest BCUT2D eigenvalue weighted by molar-refractivity contribution is 6.30. The SMILES string of the molecule is C=CCOc1ccc(NC(=O)[C@@H](CC)Oc2ccc(Cl)cc2)cc1. The molecule has 126 valence electrons. The van der Waals surface area contributed by atoms with E-state index in [-0.39, 0.29) is 5.91 Å². The van der Waals surface area contributed by atoms with E-state index in [4.69, 9.17) is 21.1 Å². The Hall–Kier alpha value is -2.46. The normalized spacial score (nSPS) is 11.4. The molecule has 0 unspecified atom stereocenters. The molecule has 2 aromatic rings.